The van der Waals surface area contributed by atoms with Crippen molar-refractivity contribution in [1.82, 2.24) is 0 Å². The molecule has 3 rings (SSSR count). The number of halogens is 1. The minimum absolute atomic E-state index is 0.0751. The molecule has 5 nitrogen and oxygen atoms in total. The van der Waals surface area contributed by atoms with E-state index in [0.29, 0.717) is 23.7 Å². The van der Waals surface area contributed by atoms with Crippen molar-refractivity contribution >= 4 is 17.3 Å². The van der Waals surface area contributed by atoms with Crippen molar-refractivity contribution in [2.24, 2.45) is 0 Å². The zero-order valence-corrected chi connectivity index (χ0v) is 13.8. The third-order valence-electron chi connectivity index (χ3n) is 3.91. The Balaban J connectivity index is 1.52. The van der Waals surface area contributed by atoms with Gasteiger partial charge in [-0.2, -0.15) is 0 Å². The topological polar surface area (TPSA) is 59.6 Å². The highest BCUT2D eigenvalue weighted by Gasteiger charge is 2.17. The number of carbonyl (C=O) groups is 1. The molecule has 132 valence electrons. The number of hydrogen-bond donors (Lipinski definition) is 2. The molecule has 1 amide bonds. The van der Waals surface area contributed by atoms with Crippen molar-refractivity contribution < 1.29 is 18.7 Å². The molecule has 0 radical (unpaired) electrons. The van der Waals surface area contributed by atoms with Crippen LogP contribution in [0.2, 0.25) is 0 Å². The van der Waals surface area contributed by atoms with Gasteiger partial charge in [-0.1, -0.05) is 12.1 Å². The fraction of sp³-hybridized carbons (Fsp3) is 0.316. The Bertz CT molecular complexity index is 700. The summed E-state index contributed by atoms with van der Waals surface area (Å²) in [7, 11) is 0. The number of benzene rings is 2. The molecule has 2 aromatic carbocycles. The van der Waals surface area contributed by atoms with Gasteiger partial charge in [0.05, 0.1) is 18.3 Å². The molecule has 1 fully saturated rings. The van der Waals surface area contributed by atoms with Gasteiger partial charge in [-0.05, 0) is 49.2 Å². The molecule has 0 aromatic heterocycles. The van der Waals surface area contributed by atoms with E-state index in [-0.39, 0.29) is 24.4 Å². The van der Waals surface area contributed by atoms with Crippen LogP contribution in [0.1, 0.15) is 12.8 Å². The molecular formula is C19H21FN2O3. The van der Waals surface area contributed by atoms with Gasteiger partial charge in [0, 0.05) is 12.3 Å². The first kappa shape index (κ1) is 17.2. The first-order valence-electron chi connectivity index (χ1n) is 8.33. The van der Waals surface area contributed by atoms with Crippen LogP contribution in [0.4, 0.5) is 15.8 Å². The fourth-order valence-electron chi connectivity index (χ4n) is 2.60. The van der Waals surface area contributed by atoms with E-state index in [1.807, 2.05) is 18.2 Å². The maximum absolute atomic E-state index is 12.9. The maximum atomic E-state index is 12.9. The van der Waals surface area contributed by atoms with Crippen LogP contribution in [-0.4, -0.2) is 31.8 Å². The van der Waals surface area contributed by atoms with Gasteiger partial charge in [0.25, 0.3) is 0 Å². The van der Waals surface area contributed by atoms with Crippen molar-refractivity contribution in [3.63, 3.8) is 0 Å². The van der Waals surface area contributed by atoms with E-state index >= 15 is 0 Å². The highest BCUT2D eigenvalue weighted by Crippen LogP contribution is 2.25. The number of hydrogen-bond acceptors (Lipinski definition) is 4. The second kappa shape index (κ2) is 8.48. The fourth-order valence-corrected chi connectivity index (χ4v) is 2.60. The lowest BCUT2D eigenvalue weighted by Crippen LogP contribution is -2.22. The van der Waals surface area contributed by atoms with E-state index in [1.165, 1.54) is 12.1 Å². The Labute approximate surface area is 146 Å². The summed E-state index contributed by atoms with van der Waals surface area (Å²) in [6, 6.07) is 13.2. The summed E-state index contributed by atoms with van der Waals surface area (Å²) in [5.41, 5.74) is 1.30. The number of carbonyl (C=O) groups excluding carboxylic acids is 1. The molecule has 6 heteroatoms. The van der Waals surface area contributed by atoms with Gasteiger partial charge in [-0.15, -0.1) is 0 Å². The number of ether oxygens (including phenoxy) is 2. The van der Waals surface area contributed by atoms with Crippen molar-refractivity contribution in [3.05, 3.63) is 54.3 Å². The van der Waals surface area contributed by atoms with Crippen LogP contribution in [0.5, 0.6) is 5.75 Å². The second-order valence-electron chi connectivity index (χ2n) is 5.85. The SMILES string of the molecule is O=C(CNc1ccc(F)cc1)Nc1ccccc1OCC1CCCO1. The summed E-state index contributed by atoms with van der Waals surface area (Å²) in [4.78, 5) is 12.1. The molecule has 1 unspecified atom stereocenters. The Morgan fingerprint density at radius 2 is 2.00 bits per heavy atom. The lowest BCUT2D eigenvalue weighted by atomic mass is 10.2. The maximum Gasteiger partial charge on any atom is 0.243 e. The third kappa shape index (κ3) is 5.19. The normalized spacial score (nSPS) is 16.4. The van der Waals surface area contributed by atoms with E-state index in [0.717, 1.165) is 19.4 Å². The van der Waals surface area contributed by atoms with Crippen LogP contribution < -0.4 is 15.4 Å². The van der Waals surface area contributed by atoms with Gasteiger partial charge in [0.15, 0.2) is 0 Å². The van der Waals surface area contributed by atoms with Gasteiger partial charge in [-0.25, -0.2) is 4.39 Å². The van der Waals surface area contributed by atoms with Crippen LogP contribution in [0.25, 0.3) is 0 Å². The quantitative estimate of drug-likeness (QED) is 0.808. The second-order valence-corrected chi connectivity index (χ2v) is 5.85. The number of rotatable bonds is 7. The zero-order valence-electron chi connectivity index (χ0n) is 13.8. The Hall–Kier alpha value is -2.60. The monoisotopic (exact) mass is 344 g/mol. The van der Waals surface area contributed by atoms with Crippen molar-refractivity contribution in [2.75, 3.05) is 30.4 Å². The smallest absolute Gasteiger partial charge is 0.243 e. The molecule has 0 bridgehead atoms. The average molecular weight is 344 g/mol. The molecule has 2 N–H and O–H groups in total. The van der Waals surface area contributed by atoms with E-state index in [2.05, 4.69) is 10.6 Å². The Kier molecular flexibility index (Phi) is 5.85. The largest absolute Gasteiger partial charge is 0.489 e. The summed E-state index contributed by atoms with van der Waals surface area (Å²) in [6.45, 7) is 1.33. The molecule has 1 atom stereocenters. The summed E-state index contributed by atoms with van der Waals surface area (Å²) in [5.74, 6) is 0.0953. The molecule has 2 aromatic rings. The van der Waals surface area contributed by atoms with Crippen LogP contribution in [-0.2, 0) is 9.53 Å². The van der Waals surface area contributed by atoms with Crippen molar-refractivity contribution in [3.8, 4) is 5.75 Å². The van der Waals surface area contributed by atoms with Crippen LogP contribution in [0.3, 0.4) is 0 Å². The minimum Gasteiger partial charge on any atom is -0.489 e. The molecule has 0 spiro atoms. The highest BCUT2D eigenvalue weighted by atomic mass is 19.1. The molecule has 0 saturated carbocycles. The third-order valence-corrected chi connectivity index (χ3v) is 3.91. The number of anilines is 2. The van der Waals surface area contributed by atoms with Crippen LogP contribution >= 0.6 is 0 Å². The van der Waals surface area contributed by atoms with E-state index in [1.54, 1.807) is 18.2 Å². The summed E-state index contributed by atoms with van der Waals surface area (Å²) in [6.07, 6.45) is 2.17. The first-order valence-corrected chi connectivity index (χ1v) is 8.33. The minimum atomic E-state index is -0.313. The molecule has 1 aliphatic heterocycles. The standard InChI is InChI=1S/C19H21FN2O3/c20-14-7-9-15(10-8-14)21-12-19(23)22-17-5-1-2-6-18(17)25-13-16-4-3-11-24-16/h1-2,5-10,16,21H,3-4,11-13H2,(H,22,23). The van der Waals surface area contributed by atoms with Gasteiger partial charge < -0.3 is 20.1 Å². The summed E-state index contributed by atoms with van der Waals surface area (Å²) < 4.78 is 24.2. The van der Waals surface area contributed by atoms with Gasteiger partial charge in [0.2, 0.25) is 5.91 Å². The lowest BCUT2D eigenvalue weighted by molar-refractivity contribution is -0.114. The zero-order chi connectivity index (χ0) is 17.5. The summed E-state index contributed by atoms with van der Waals surface area (Å²) >= 11 is 0. The molecule has 0 aliphatic carbocycles. The van der Waals surface area contributed by atoms with Gasteiger partial charge >= 0.3 is 0 Å². The predicted molar refractivity (Wildman–Crippen MR) is 94.4 cm³/mol. The molecule has 25 heavy (non-hydrogen) atoms. The highest BCUT2D eigenvalue weighted by molar-refractivity contribution is 5.95. The van der Waals surface area contributed by atoms with E-state index in [4.69, 9.17) is 9.47 Å². The van der Waals surface area contributed by atoms with Crippen molar-refractivity contribution in [2.45, 2.75) is 18.9 Å². The number of nitrogens with one attached hydrogen (secondary N) is 2. The van der Waals surface area contributed by atoms with Gasteiger partial charge in [0.1, 0.15) is 18.2 Å². The van der Waals surface area contributed by atoms with E-state index in [9.17, 15) is 9.18 Å². The molecule has 1 saturated heterocycles. The predicted octanol–water partition coefficient (Wildman–Crippen LogP) is 3.43. The number of amides is 1. The number of para-hydroxylation sites is 2. The van der Waals surface area contributed by atoms with Crippen LogP contribution in [0.15, 0.2) is 48.5 Å². The first-order chi connectivity index (χ1) is 12.2. The lowest BCUT2D eigenvalue weighted by Gasteiger charge is -2.15. The molecule has 1 heterocycles. The Morgan fingerprint density at radius 3 is 2.76 bits per heavy atom. The van der Waals surface area contributed by atoms with Crippen molar-refractivity contribution in [1.29, 1.82) is 0 Å². The molecule has 1 aliphatic rings. The summed E-state index contributed by atoms with van der Waals surface area (Å²) in [5, 5.41) is 5.77. The molecular weight excluding hydrogens is 323 g/mol. The average Bonchev–Trinajstić information content (AvgIpc) is 3.14. The van der Waals surface area contributed by atoms with Crippen LogP contribution in [0, 0.1) is 5.82 Å². The van der Waals surface area contributed by atoms with Gasteiger partial charge in [-0.3, -0.25) is 4.79 Å². The van der Waals surface area contributed by atoms with E-state index < -0.39 is 0 Å². The Morgan fingerprint density at radius 1 is 1.20 bits per heavy atom.